The fourth-order valence-corrected chi connectivity index (χ4v) is 2.86. The topological polar surface area (TPSA) is 62.3 Å². The average molecular weight is 317 g/mol. The smallest absolute Gasteiger partial charge is 0.222 e. The van der Waals surface area contributed by atoms with Crippen molar-refractivity contribution >= 4 is 11.8 Å². The molecule has 2 amide bonds. The third-order valence-corrected chi connectivity index (χ3v) is 4.19. The molecule has 0 unspecified atom stereocenters. The van der Waals surface area contributed by atoms with E-state index in [1.807, 2.05) is 17.0 Å². The summed E-state index contributed by atoms with van der Waals surface area (Å²) in [6.45, 7) is 5.63. The third-order valence-electron chi connectivity index (χ3n) is 4.19. The van der Waals surface area contributed by atoms with Crippen molar-refractivity contribution in [3.05, 3.63) is 30.1 Å². The first-order valence-corrected chi connectivity index (χ1v) is 8.50. The van der Waals surface area contributed by atoms with Crippen molar-refractivity contribution < 1.29 is 9.59 Å². The number of nitrogens with zero attached hydrogens (tertiary/aromatic N) is 2. The summed E-state index contributed by atoms with van der Waals surface area (Å²) < 4.78 is 0. The number of amides is 2. The minimum absolute atomic E-state index is 0.0915. The Balaban J connectivity index is 1.67. The molecule has 0 spiro atoms. The Morgan fingerprint density at radius 2 is 1.91 bits per heavy atom. The Morgan fingerprint density at radius 1 is 1.26 bits per heavy atom. The number of hydrogen-bond donors (Lipinski definition) is 1. The number of likely N-dealkylation sites (tertiary alicyclic amines) is 1. The average Bonchev–Trinajstić information content (AvgIpc) is 2.54. The first kappa shape index (κ1) is 17.4. The Kier molecular flexibility index (Phi) is 6.56. The largest absolute Gasteiger partial charge is 0.353 e. The number of hydrogen-bond acceptors (Lipinski definition) is 3. The second-order valence-electron chi connectivity index (χ2n) is 6.68. The standard InChI is InChI=1S/C18H27N3O2/c1-14(2)13-18(23)21-11-7-16(8-12-21)20-17(22)4-3-15-5-9-19-10-6-15/h5-6,9-10,14,16H,3-4,7-8,11-13H2,1-2H3,(H,20,22). The van der Waals surface area contributed by atoms with E-state index in [4.69, 9.17) is 0 Å². The van der Waals surface area contributed by atoms with Gasteiger partial charge in [-0.25, -0.2) is 0 Å². The number of aromatic nitrogens is 1. The molecule has 5 nitrogen and oxygen atoms in total. The first-order chi connectivity index (χ1) is 11.0. The van der Waals surface area contributed by atoms with Gasteiger partial charge in [0, 0.05) is 44.4 Å². The van der Waals surface area contributed by atoms with E-state index >= 15 is 0 Å². The predicted molar refractivity (Wildman–Crippen MR) is 89.8 cm³/mol. The van der Waals surface area contributed by atoms with E-state index in [2.05, 4.69) is 24.1 Å². The molecule has 1 fully saturated rings. The fourth-order valence-electron chi connectivity index (χ4n) is 2.86. The number of piperidine rings is 1. The second kappa shape index (κ2) is 8.65. The SMILES string of the molecule is CC(C)CC(=O)N1CCC(NC(=O)CCc2ccncc2)CC1. The molecule has 0 atom stereocenters. The third kappa shape index (κ3) is 6.00. The van der Waals surface area contributed by atoms with Crippen LogP contribution in [-0.4, -0.2) is 40.8 Å². The second-order valence-corrected chi connectivity index (χ2v) is 6.68. The first-order valence-electron chi connectivity index (χ1n) is 8.50. The summed E-state index contributed by atoms with van der Waals surface area (Å²) in [6.07, 6.45) is 7.05. The van der Waals surface area contributed by atoms with E-state index in [0.717, 1.165) is 37.9 Å². The van der Waals surface area contributed by atoms with E-state index in [1.165, 1.54) is 0 Å². The van der Waals surface area contributed by atoms with Crippen LogP contribution >= 0.6 is 0 Å². The van der Waals surface area contributed by atoms with E-state index in [9.17, 15) is 9.59 Å². The van der Waals surface area contributed by atoms with Crippen molar-refractivity contribution in [1.29, 1.82) is 0 Å². The van der Waals surface area contributed by atoms with Crippen molar-refractivity contribution in [3.63, 3.8) is 0 Å². The minimum atomic E-state index is 0.0915. The van der Waals surface area contributed by atoms with Gasteiger partial charge in [0.2, 0.25) is 11.8 Å². The quantitative estimate of drug-likeness (QED) is 0.874. The highest BCUT2D eigenvalue weighted by Gasteiger charge is 2.23. The Hall–Kier alpha value is -1.91. The summed E-state index contributed by atoms with van der Waals surface area (Å²) in [5, 5.41) is 3.10. The van der Waals surface area contributed by atoms with Gasteiger partial charge < -0.3 is 10.2 Å². The van der Waals surface area contributed by atoms with Gasteiger partial charge in [-0.1, -0.05) is 13.8 Å². The number of carbonyl (C=O) groups is 2. The molecule has 23 heavy (non-hydrogen) atoms. The maximum Gasteiger partial charge on any atom is 0.222 e. The number of nitrogens with one attached hydrogen (secondary N) is 1. The van der Waals surface area contributed by atoms with Gasteiger partial charge in [0.1, 0.15) is 0 Å². The molecule has 0 aliphatic carbocycles. The molecule has 0 aromatic carbocycles. The highest BCUT2D eigenvalue weighted by atomic mass is 16.2. The summed E-state index contributed by atoms with van der Waals surface area (Å²) >= 11 is 0. The van der Waals surface area contributed by atoms with Gasteiger partial charge in [0.05, 0.1) is 0 Å². The molecule has 1 aliphatic rings. The lowest BCUT2D eigenvalue weighted by atomic mass is 10.0. The van der Waals surface area contributed by atoms with E-state index in [0.29, 0.717) is 18.8 Å². The minimum Gasteiger partial charge on any atom is -0.353 e. The number of pyridine rings is 1. The zero-order valence-electron chi connectivity index (χ0n) is 14.1. The zero-order valence-corrected chi connectivity index (χ0v) is 14.1. The van der Waals surface area contributed by atoms with Crippen LogP contribution in [0.1, 0.15) is 45.1 Å². The number of rotatable bonds is 6. The molecule has 1 saturated heterocycles. The molecule has 1 aliphatic heterocycles. The van der Waals surface area contributed by atoms with E-state index < -0.39 is 0 Å². The molecule has 5 heteroatoms. The number of aryl methyl sites for hydroxylation is 1. The van der Waals surface area contributed by atoms with E-state index in [-0.39, 0.29) is 17.9 Å². The molecule has 2 heterocycles. The van der Waals surface area contributed by atoms with Crippen molar-refractivity contribution in [2.24, 2.45) is 5.92 Å². The molecule has 0 bridgehead atoms. The molecule has 1 aromatic heterocycles. The van der Waals surface area contributed by atoms with Crippen LogP contribution in [0.5, 0.6) is 0 Å². The molecular weight excluding hydrogens is 290 g/mol. The molecule has 1 aromatic rings. The normalized spacial score (nSPS) is 15.7. The van der Waals surface area contributed by atoms with Crippen molar-refractivity contribution in [2.75, 3.05) is 13.1 Å². The lowest BCUT2D eigenvalue weighted by molar-refractivity contribution is -0.133. The molecule has 1 N–H and O–H groups in total. The highest BCUT2D eigenvalue weighted by Crippen LogP contribution is 2.14. The molecular formula is C18H27N3O2. The van der Waals surface area contributed by atoms with Crippen LogP contribution in [0, 0.1) is 5.92 Å². The maximum atomic E-state index is 12.0. The van der Waals surface area contributed by atoms with Crippen molar-refractivity contribution in [1.82, 2.24) is 15.2 Å². The van der Waals surface area contributed by atoms with Crippen molar-refractivity contribution in [3.8, 4) is 0 Å². The fraction of sp³-hybridized carbons (Fsp3) is 0.611. The summed E-state index contributed by atoms with van der Waals surface area (Å²) in [7, 11) is 0. The molecule has 0 saturated carbocycles. The highest BCUT2D eigenvalue weighted by molar-refractivity contribution is 5.77. The lowest BCUT2D eigenvalue weighted by Crippen LogP contribution is -2.46. The lowest BCUT2D eigenvalue weighted by Gasteiger charge is -2.33. The van der Waals surface area contributed by atoms with Gasteiger partial charge in [-0.15, -0.1) is 0 Å². The van der Waals surface area contributed by atoms with Crippen LogP contribution in [0.3, 0.4) is 0 Å². The van der Waals surface area contributed by atoms with Crippen molar-refractivity contribution in [2.45, 2.75) is 52.0 Å². The predicted octanol–water partition coefficient (Wildman–Crippen LogP) is 2.17. The Bertz CT molecular complexity index is 508. The molecule has 126 valence electrons. The van der Waals surface area contributed by atoms with Gasteiger partial charge >= 0.3 is 0 Å². The van der Waals surface area contributed by atoms with Crippen LogP contribution in [0.2, 0.25) is 0 Å². The van der Waals surface area contributed by atoms with Crippen LogP contribution in [0.4, 0.5) is 0 Å². The van der Waals surface area contributed by atoms with Crippen LogP contribution < -0.4 is 5.32 Å². The van der Waals surface area contributed by atoms with Gasteiger partial charge in [-0.05, 0) is 42.9 Å². The zero-order chi connectivity index (χ0) is 16.7. The van der Waals surface area contributed by atoms with Crippen LogP contribution in [-0.2, 0) is 16.0 Å². The maximum absolute atomic E-state index is 12.0. The summed E-state index contributed by atoms with van der Waals surface area (Å²) in [4.78, 5) is 30.0. The summed E-state index contributed by atoms with van der Waals surface area (Å²) in [6, 6.07) is 4.07. The van der Waals surface area contributed by atoms with Gasteiger partial charge in [-0.2, -0.15) is 0 Å². The summed E-state index contributed by atoms with van der Waals surface area (Å²) in [5.74, 6) is 0.726. The summed E-state index contributed by atoms with van der Waals surface area (Å²) in [5.41, 5.74) is 1.13. The number of carbonyl (C=O) groups excluding carboxylic acids is 2. The van der Waals surface area contributed by atoms with Crippen LogP contribution in [0.15, 0.2) is 24.5 Å². The molecule has 2 rings (SSSR count). The Labute approximate surface area is 138 Å². The monoisotopic (exact) mass is 317 g/mol. The Morgan fingerprint density at radius 3 is 2.52 bits per heavy atom. The van der Waals surface area contributed by atoms with E-state index in [1.54, 1.807) is 12.4 Å². The van der Waals surface area contributed by atoms with Gasteiger partial charge in [0.25, 0.3) is 0 Å². The molecule has 0 radical (unpaired) electrons. The van der Waals surface area contributed by atoms with Gasteiger partial charge in [0.15, 0.2) is 0 Å². The van der Waals surface area contributed by atoms with Crippen LogP contribution in [0.25, 0.3) is 0 Å². The van der Waals surface area contributed by atoms with Gasteiger partial charge in [-0.3, -0.25) is 14.6 Å².